The van der Waals surface area contributed by atoms with E-state index in [2.05, 4.69) is 22.0 Å². The molecule has 0 saturated carbocycles. The van der Waals surface area contributed by atoms with Gasteiger partial charge in [0.1, 0.15) is 0 Å². The summed E-state index contributed by atoms with van der Waals surface area (Å²) in [4.78, 5) is 15.7. The third kappa shape index (κ3) is 3.14. The highest BCUT2D eigenvalue weighted by Crippen LogP contribution is 2.26. The number of nitrogens with two attached hydrogens (primary N) is 1. The smallest absolute Gasteiger partial charge is 0.356 e. The number of pyridine rings is 1. The number of methoxy groups -OCH3 is 1. The molecule has 1 unspecified atom stereocenters. The van der Waals surface area contributed by atoms with Crippen molar-refractivity contribution in [2.24, 2.45) is 0 Å². The van der Waals surface area contributed by atoms with Gasteiger partial charge in [0, 0.05) is 6.61 Å². The Hall–Kier alpha value is -1.82. The van der Waals surface area contributed by atoms with E-state index in [1.54, 1.807) is 12.1 Å². The number of ether oxygens (including phenoxy) is 2. The normalized spacial score (nSPS) is 22.8. The molecule has 2 rings (SSSR count). The van der Waals surface area contributed by atoms with Gasteiger partial charge in [-0.05, 0) is 31.9 Å². The molecule has 6 nitrogen and oxygen atoms in total. The van der Waals surface area contributed by atoms with Crippen LogP contribution in [0.4, 0.5) is 11.5 Å². The van der Waals surface area contributed by atoms with Crippen molar-refractivity contribution < 1.29 is 14.3 Å². The van der Waals surface area contributed by atoms with Crippen LogP contribution >= 0.6 is 0 Å². The first-order valence-electron chi connectivity index (χ1n) is 6.25. The minimum atomic E-state index is -0.479. The molecule has 3 N–H and O–H groups in total. The van der Waals surface area contributed by atoms with Gasteiger partial charge in [0.2, 0.25) is 0 Å². The van der Waals surface area contributed by atoms with Gasteiger partial charge < -0.3 is 20.5 Å². The number of nitrogens with zero attached hydrogens (tertiary/aromatic N) is 1. The lowest BCUT2D eigenvalue weighted by atomic mass is 9.95. The van der Waals surface area contributed by atoms with Gasteiger partial charge in [0.15, 0.2) is 11.5 Å². The summed E-state index contributed by atoms with van der Waals surface area (Å²) in [6.07, 6.45) is 1.96. The van der Waals surface area contributed by atoms with E-state index in [1.165, 1.54) is 7.11 Å². The van der Waals surface area contributed by atoms with E-state index in [9.17, 15) is 4.79 Å². The zero-order chi connectivity index (χ0) is 13.9. The molecule has 2 heterocycles. The van der Waals surface area contributed by atoms with Crippen molar-refractivity contribution in [3.63, 3.8) is 0 Å². The van der Waals surface area contributed by atoms with Crippen LogP contribution in [-0.2, 0) is 9.47 Å². The molecule has 0 radical (unpaired) electrons. The molecular formula is C13H19N3O3. The molecule has 1 aliphatic heterocycles. The summed E-state index contributed by atoms with van der Waals surface area (Å²) in [5.41, 5.74) is 6.41. The summed E-state index contributed by atoms with van der Waals surface area (Å²) in [5.74, 6) is 0.0176. The highest BCUT2D eigenvalue weighted by molar-refractivity contribution is 5.88. The fraction of sp³-hybridized carbons (Fsp3) is 0.538. The molecule has 0 spiro atoms. The van der Waals surface area contributed by atoms with Crippen molar-refractivity contribution in [2.45, 2.75) is 25.3 Å². The van der Waals surface area contributed by atoms with E-state index in [4.69, 9.17) is 10.5 Å². The maximum absolute atomic E-state index is 11.5. The van der Waals surface area contributed by atoms with Gasteiger partial charge in [0.25, 0.3) is 0 Å². The van der Waals surface area contributed by atoms with E-state index in [0.717, 1.165) is 19.4 Å². The van der Waals surface area contributed by atoms with Crippen LogP contribution in [0.1, 0.15) is 30.3 Å². The highest BCUT2D eigenvalue weighted by atomic mass is 16.5. The Kier molecular flexibility index (Phi) is 3.90. The van der Waals surface area contributed by atoms with Crippen LogP contribution < -0.4 is 11.1 Å². The molecule has 0 aliphatic carbocycles. The van der Waals surface area contributed by atoms with Gasteiger partial charge in [-0.25, -0.2) is 9.78 Å². The van der Waals surface area contributed by atoms with E-state index in [-0.39, 0.29) is 11.2 Å². The van der Waals surface area contributed by atoms with E-state index >= 15 is 0 Å². The number of nitrogens with one attached hydrogen (secondary N) is 1. The van der Waals surface area contributed by atoms with Crippen molar-refractivity contribution >= 4 is 17.5 Å². The molecule has 1 saturated heterocycles. The predicted octanol–water partition coefficient (Wildman–Crippen LogP) is 1.43. The molecule has 19 heavy (non-hydrogen) atoms. The fourth-order valence-electron chi connectivity index (χ4n) is 2.11. The standard InChI is InChI=1S/C13H19N3O3/c1-13(6-3-7-19-8-13)16-11-9(14)4-5-10(15-11)12(17)18-2/h4-5H,3,6-8,14H2,1-2H3,(H,15,16). The number of nitrogen functional groups attached to an aromatic ring is 1. The lowest BCUT2D eigenvalue weighted by molar-refractivity contribution is 0.0538. The van der Waals surface area contributed by atoms with Crippen LogP contribution in [0.15, 0.2) is 12.1 Å². The summed E-state index contributed by atoms with van der Waals surface area (Å²) in [7, 11) is 1.32. The van der Waals surface area contributed by atoms with Crippen molar-refractivity contribution in [2.75, 3.05) is 31.4 Å². The maximum Gasteiger partial charge on any atom is 0.356 e. The van der Waals surface area contributed by atoms with Crippen molar-refractivity contribution in [1.82, 2.24) is 4.98 Å². The lowest BCUT2D eigenvalue weighted by Crippen LogP contribution is -2.43. The number of aromatic nitrogens is 1. The average Bonchev–Trinajstić information content (AvgIpc) is 2.41. The Balaban J connectivity index is 2.21. The third-order valence-electron chi connectivity index (χ3n) is 3.18. The van der Waals surface area contributed by atoms with Crippen molar-refractivity contribution in [3.05, 3.63) is 17.8 Å². The third-order valence-corrected chi connectivity index (χ3v) is 3.18. The molecule has 104 valence electrons. The van der Waals surface area contributed by atoms with E-state index in [1.807, 2.05) is 0 Å². The second-order valence-electron chi connectivity index (χ2n) is 4.97. The van der Waals surface area contributed by atoms with Crippen molar-refractivity contribution in [3.8, 4) is 0 Å². The minimum Gasteiger partial charge on any atom is -0.464 e. The first-order valence-corrected chi connectivity index (χ1v) is 6.25. The second kappa shape index (κ2) is 5.44. The first kappa shape index (κ1) is 13.6. The number of hydrogen-bond donors (Lipinski definition) is 2. The quantitative estimate of drug-likeness (QED) is 0.804. The number of anilines is 2. The van der Waals surface area contributed by atoms with E-state index in [0.29, 0.717) is 18.1 Å². The SMILES string of the molecule is COC(=O)c1ccc(N)c(NC2(C)CCCOC2)n1. The van der Waals surface area contributed by atoms with E-state index < -0.39 is 5.97 Å². The molecule has 1 atom stereocenters. The van der Waals surface area contributed by atoms with Crippen LogP contribution in [0.2, 0.25) is 0 Å². The minimum absolute atomic E-state index is 0.214. The molecule has 1 aromatic rings. The predicted molar refractivity (Wildman–Crippen MR) is 72.1 cm³/mol. The highest BCUT2D eigenvalue weighted by Gasteiger charge is 2.28. The lowest BCUT2D eigenvalue weighted by Gasteiger charge is -2.35. The van der Waals surface area contributed by atoms with Crippen molar-refractivity contribution in [1.29, 1.82) is 0 Å². The molecular weight excluding hydrogens is 246 g/mol. The van der Waals surface area contributed by atoms with Gasteiger partial charge in [-0.2, -0.15) is 0 Å². The van der Waals surface area contributed by atoms with Crippen LogP contribution in [-0.4, -0.2) is 36.8 Å². The van der Waals surface area contributed by atoms with Crippen LogP contribution in [0.5, 0.6) is 0 Å². The molecule has 1 fully saturated rings. The Bertz CT molecular complexity index is 470. The molecule has 0 aromatic carbocycles. The van der Waals surface area contributed by atoms with Gasteiger partial charge in [0.05, 0.1) is 24.9 Å². The van der Waals surface area contributed by atoms with Gasteiger partial charge in [-0.3, -0.25) is 0 Å². The Morgan fingerprint density at radius 3 is 3.00 bits per heavy atom. The zero-order valence-electron chi connectivity index (χ0n) is 11.2. The van der Waals surface area contributed by atoms with Gasteiger partial charge in [-0.15, -0.1) is 0 Å². The van der Waals surface area contributed by atoms with Crippen LogP contribution in [0.3, 0.4) is 0 Å². The van der Waals surface area contributed by atoms with Gasteiger partial charge >= 0.3 is 5.97 Å². The number of hydrogen-bond acceptors (Lipinski definition) is 6. The molecule has 1 aromatic heterocycles. The molecule has 0 amide bonds. The van der Waals surface area contributed by atoms with Crippen LogP contribution in [0.25, 0.3) is 0 Å². The summed E-state index contributed by atoms with van der Waals surface area (Å²) < 4.78 is 10.1. The topological polar surface area (TPSA) is 86.5 Å². The summed E-state index contributed by atoms with van der Waals surface area (Å²) in [5, 5.41) is 3.28. The van der Waals surface area contributed by atoms with Crippen LogP contribution in [0, 0.1) is 0 Å². The molecule has 6 heteroatoms. The largest absolute Gasteiger partial charge is 0.464 e. The number of carbonyl (C=O) groups excluding carboxylic acids is 1. The number of esters is 1. The number of rotatable bonds is 3. The summed E-state index contributed by atoms with van der Waals surface area (Å²) in [6.45, 7) is 3.43. The second-order valence-corrected chi connectivity index (χ2v) is 4.97. The Morgan fingerprint density at radius 1 is 1.58 bits per heavy atom. The zero-order valence-corrected chi connectivity index (χ0v) is 11.2. The molecule has 0 bridgehead atoms. The molecule has 1 aliphatic rings. The maximum atomic E-state index is 11.5. The Morgan fingerprint density at radius 2 is 2.37 bits per heavy atom. The fourth-order valence-corrected chi connectivity index (χ4v) is 2.11. The first-order chi connectivity index (χ1) is 9.04. The summed E-state index contributed by atoms with van der Waals surface area (Å²) in [6, 6.07) is 3.20. The Labute approximate surface area is 112 Å². The number of carbonyl (C=O) groups is 1. The summed E-state index contributed by atoms with van der Waals surface area (Å²) >= 11 is 0. The van der Waals surface area contributed by atoms with Gasteiger partial charge in [-0.1, -0.05) is 0 Å². The monoisotopic (exact) mass is 265 g/mol. The average molecular weight is 265 g/mol.